The Morgan fingerprint density at radius 2 is 1.77 bits per heavy atom. The molecule has 5 rings (SSSR count). The van der Waals surface area contributed by atoms with Crippen molar-refractivity contribution in [2.75, 3.05) is 68.9 Å². The fourth-order valence-electron chi connectivity index (χ4n) is 4.40. The zero-order valence-electron chi connectivity index (χ0n) is 17.0. The minimum Gasteiger partial charge on any atom is -0.378 e. The van der Waals surface area contributed by atoms with Gasteiger partial charge < -0.3 is 14.2 Å². The molecule has 0 spiro atoms. The van der Waals surface area contributed by atoms with Crippen LogP contribution in [0, 0.1) is 0 Å². The van der Waals surface area contributed by atoms with Crippen LogP contribution in [0.3, 0.4) is 0 Å². The summed E-state index contributed by atoms with van der Waals surface area (Å²) in [5.74, 6) is 2.25. The molecule has 0 aromatic carbocycles. The van der Waals surface area contributed by atoms with Crippen LogP contribution in [-0.2, 0) is 28.2 Å². The molecule has 10 nitrogen and oxygen atoms in total. The quantitative estimate of drug-likeness (QED) is 0.579. The van der Waals surface area contributed by atoms with E-state index >= 15 is 0 Å². The number of aromatic nitrogens is 4. The molecule has 2 aromatic heterocycles. The molecular formula is C18H26ClN7O3S. The lowest BCUT2D eigenvalue weighted by molar-refractivity contribution is 0.0313. The third kappa shape index (κ3) is 3.89. The summed E-state index contributed by atoms with van der Waals surface area (Å²) in [7, 11) is -0.875. The largest absolute Gasteiger partial charge is 0.378 e. The molecule has 0 N–H and O–H groups in total. The first kappa shape index (κ1) is 20.4. The van der Waals surface area contributed by atoms with Crippen LogP contribution in [0.1, 0.15) is 5.82 Å². The average Bonchev–Trinajstić information content (AvgIpc) is 3.01. The molecule has 2 aromatic rings. The summed E-state index contributed by atoms with van der Waals surface area (Å²) >= 11 is 6.21. The molecule has 3 aliphatic heterocycles. The van der Waals surface area contributed by atoms with E-state index in [4.69, 9.17) is 21.3 Å². The van der Waals surface area contributed by atoms with E-state index in [2.05, 4.69) is 24.7 Å². The highest BCUT2D eigenvalue weighted by atomic mass is 35.5. The number of hydrogen-bond donors (Lipinski definition) is 0. The molecule has 0 saturated carbocycles. The van der Waals surface area contributed by atoms with Crippen LogP contribution in [-0.4, -0.2) is 108 Å². The Bertz CT molecular complexity index is 1030. The zero-order valence-corrected chi connectivity index (χ0v) is 18.6. The first-order chi connectivity index (χ1) is 14.4. The molecule has 3 fully saturated rings. The minimum atomic E-state index is -2.84. The standard InChI is InChI=1S/C18H26ClN7O3S/c1-23-14(12-24-10-13(11-24)25-4-8-30(27,28)9-5-25)20-15-16(23)21-18(19)22-17(15)26-2-6-29-7-3-26/h13H,2-12H2,1H3. The van der Waals surface area contributed by atoms with E-state index in [1.807, 2.05) is 11.6 Å². The van der Waals surface area contributed by atoms with Gasteiger partial charge in [-0.25, -0.2) is 13.4 Å². The summed E-state index contributed by atoms with van der Waals surface area (Å²) in [4.78, 5) is 20.5. The summed E-state index contributed by atoms with van der Waals surface area (Å²) in [6.07, 6.45) is 0. The summed E-state index contributed by atoms with van der Waals surface area (Å²) in [5, 5.41) is 0.225. The Morgan fingerprint density at radius 1 is 1.07 bits per heavy atom. The first-order valence-corrected chi connectivity index (χ1v) is 12.5. The van der Waals surface area contributed by atoms with Crippen molar-refractivity contribution in [1.29, 1.82) is 0 Å². The van der Waals surface area contributed by atoms with Crippen molar-refractivity contribution in [2.24, 2.45) is 7.05 Å². The van der Waals surface area contributed by atoms with Gasteiger partial charge in [0.1, 0.15) is 5.82 Å². The maximum Gasteiger partial charge on any atom is 0.226 e. The smallest absolute Gasteiger partial charge is 0.226 e. The highest BCUT2D eigenvalue weighted by Gasteiger charge is 2.35. The van der Waals surface area contributed by atoms with Crippen LogP contribution in [0.5, 0.6) is 0 Å². The number of rotatable bonds is 4. The van der Waals surface area contributed by atoms with Crippen LogP contribution >= 0.6 is 11.6 Å². The van der Waals surface area contributed by atoms with Crippen molar-refractivity contribution in [3.63, 3.8) is 0 Å². The van der Waals surface area contributed by atoms with E-state index in [-0.39, 0.29) is 16.8 Å². The lowest BCUT2D eigenvalue weighted by Crippen LogP contribution is -2.61. The van der Waals surface area contributed by atoms with Crippen LogP contribution in [0.4, 0.5) is 5.82 Å². The SMILES string of the molecule is Cn1c(CN2CC(N3CCS(=O)(=O)CC3)C2)nc2c(N3CCOCC3)nc(Cl)nc21. The van der Waals surface area contributed by atoms with Gasteiger partial charge in [-0.1, -0.05) is 0 Å². The van der Waals surface area contributed by atoms with Gasteiger partial charge >= 0.3 is 0 Å². The second-order valence-electron chi connectivity index (χ2n) is 8.21. The Kier molecular flexibility index (Phi) is 5.34. The second kappa shape index (κ2) is 7.86. The average molecular weight is 456 g/mol. The van der Waals surface area contributed by atoms with Crippen molar-refractivity contribution in [3.05, 3.63) is 11.1 Å². The third-order valence-electron chi connectivity index (χ3n) is 6.27. The molecule has 3 aliphatic rings. The Morgan fingerprint density at radius 3 is 2.47 bits per heavy atom. The number of halogens is 1. The van der Waals surface area contributed by atoms with Crippen LogP contribution in [0.25, 0.3) is 11.2 Å². The molecule has 0 bridgehead atoms. The number of imidazole rings is 1. The van der Waals surface area contributed by atoms with Gasteiger partial charge in [0, 0.05) is 52.4 Å². The fourth-order valence-corrected chi connectivity index (χ4v) is 5.79. The molecule has 0 unspecified atom stereocenters. The number of likely N-dealkylation sites (tertiary alicyclic amines) is 1. The zero-order chi connectivity index (χ0) is 20.9. The molecule has 0 aliphatic carbocycles. The van der Waals surface area contributed by atoms with Gasteiger partial charge in [0.15, 0.2) is 26.8 Å². The minimum absolute atomic E-state index is 0.225. The number of sulfone groups is 1. The van der Waals surface area contributed by atoms with Crippen molar-refractivity contribution >= 4 is 38.4 Å². The van der Waals surface area contributed by atoms with E-state index in [1.54, 1.807) is 0 Å². The Balaban J connectivity index is 1.29. The topological polar surface area (TPSA) is 96.7 Å². The number of morpholine rings is 1. The second-order valence-corrected chi connectivity index (χ2v) is 10.9. The van der Waals surface area contributed by atoms with Gasteiger partial charge in [-0.3, -0.25) is 9.80 Å². The van der Waals surface area contributed by atoms with Crippen molar-refractivity contribution in [2.45, 2.75) is 12.6 Å². The summed E-state index contributed by atoms with van der Waals surface area (Å²) < 4.78 is 30.7. The number of ether oxygens (including phenoxy) is 1. The maximum absolute atomic E-state index is 11.6. The number of aryl methyl sites for hydroxylation is 1. The Labute approximate surface area is 180 Å². The molecule has 164 valence electrons. The van der Waals surface area contributed by atoms with Crippen LogP contribution < -0.4 is 4.90 Å². The van der Waals surface area contributed by atoms with Gasteiger partial charge in [0.05, 0.1) is 31.3 Å². The molecule has 12 heteroatoms. The fraction of sp³-hybridized carbons (Fsp3) is 0.722. The summed E-state index contributed by atoms with van der Waals surface area (Å²) in [5.41, 5.74) is 1.52. The Hall–Kier alpha value is -1.53. The molecule has 0 radical (unpaired) electrons. The van der Waals surface area contributed by atoms with E-state index in [1.165, 1.54) is 0 Å². The van der Waals surface area contributed by atoms with E-state index < -0.39 is 9.84 Å². The highest BCUT2D eigenvalue weighted by Crippen LogP contribution is 2.27. The molecule has 0 amide bonds. The van der Waals surface area contributed by atoms with Crippen molar-refractivity contribution in [1.82, 2.24) is 29.3 Å². The normalized spacial score (nSPS) is 23.7. The monoisotopic (exact) mass is 455 g/mol. The molecular weight excluding hydrogens is 430 g/mol. The number of fused-ring (bicyclic) bond motifs is 1. The molecule has 30 heavy (non-hydrogen) atoms. The highest BCUT2D eigenvalue weighted by molar-refractivity contribution is 7.91. The predicted octanol–water partition coefficient (Wildman–Crippen LogP) is -0.232. The van der Waals surface area contributed by atoms with Gasteiger partial charge in [-0.15, -0.1) is 0 Å². The van der Waals surface area contributed by atoms with Gasteiger partial charge in [-0.2, -0.15) is 9.97 Å². The number of hydrogen-bond acceptors (Lipinski definition) is 9. The lowest BCUT2D eigenvalue weighted by atomic mass is 10.1. The molecule has 3 saturated heterocycles. The van der Waals surface area contributed by atoms with Crippen molar-refractivity contribution < 1.29 is 13.2 Å². The van der Waals surface area contributed by atoms with Crippen LogP contribution in [0.15, 0.2) is 0 Å². The van der Waals surface area contributed by atoms with Crippen molar-refractivity contribution in [3.8, 4) is 0 Å². The van der Waals surface area contributed by atoms with Gasteiger partial charge in [0.2, 0.25) is 5.28 Å². The number of anilines is 1. The summed E-state index contributed by atoms with van der Waals surface area (Å²) in [6.45, 7) is 6.69. The van der Waals surface area contributed by atoms with Gasteiger partial charge in [-0.05, 0) is 11.6 Å². The number of nitrogens with zero attached hydrogens (tertiary/aromatic N) is 7. The molecule has 0 atom stereocenters. The molecule has 5 heterocycles. The van der Waals surface area contributed by atoms with Crippen LogP contribution in [0.2, 0.25) is 5.28 Å². The van der Waals surface area contributed by atoms with Gasteiger partial charge in [0.25, 0.3) is 0 Å². The predicted molar refractivity (Wildman–Crippen MR) is 114 cm³/mol. The lowest BCUT2D eigenvalue weighted by Gasteiger charge is -2.46. The first-order valence-electron chi connectivity index (χ1n) is 10.3. The third-order valence-corrected chi connectivity index (χ3v) is 8.05. The summed E-state index contributed by atoms with van der Waals surface area (Å²) in [6, 6.07) is 0.424. The maximum atomic E-state index is 11.6. The van der Waals surface area contributed by atoms with E-state index in [0.717, 1.165) is 55.5 Å². The van der Waals surface area contributed by atoms with E-state index in [9.17, 15) is 8.42 Å². The van der Waals surface area contributed by atoms with E-state index in [0.29, 0.717) is 32.3 Å².